The van der Waals surface area contributed by atoms with Gasteiger partial charge in [-0.2, -0.15) is 0 Å². The molecule has 0 amide bonds. The van der Waals surface area contributed by atoms with E-state index in [1.165, 1.54) is 6.92 Å². The van der Waals surface area contributed by atoms with Crippen LogP contribution in [0.15, 0.2) is 60.8 Å². The minimum Gasteiger partial charge on any atom is -0.463 e. The first kappa shape index (κ1) is 31.1. The Hall–Kier alpha value is -1.89. The number of ether oxygens (including phenoxy) is 1. The molecule has 0 saturated heterocycles. The molecule has 0 aromatic rings. The molecule has 0 radical (unpaired) electrons. The Morgan fingerprint density at radius 2 is 1.42 bits per heavy atom. The fraction of sp³-hybridized carbons (Fsp3) is 0.520. The average molecular weight is 484 g/mol. The van der Waals surface area contributed by atoms with Gasteiger partial charge in [0.05, 0.1) is 6.61 Å². The van der Waals surface area contributed by atoms with Crippen molar-refractivity contribution in [1.82, 2.24) is 0 Å². The van der Waals surface area contributed by atoms with Gasteiger partial charge in [-0.25, -0.2) is 4.57 Å². The highest BCUT2D eigenvalue weighted by molar-refractivity contribution is 7.47. The maximum atomic E-state index is 11.7. The van der Waals surface area contributed by atoms with Gasteiger partial charge in [-0.05, 0) is 44.9 Å². The van der Waals surface area contributed by atoms with Crippen LogP contribution in [0.1, 0.15) is 65.2 Å². The van der Waals surface area contributed by atoms with Gasteiger partial charge in [-0.15, -0.1) is 0 Å². The van der Waals surface area contributed by atoms with Crippen LogP contribution in [0.3, 0.4) is 0 Å². The van der Waals surface area contributed by atoms with E-state index in [0.717, 1.165) is 45.1 Å². The highest BCUT2D eigenvalue weighted by Crippen LogP contribution is 2.43. The zero-order valence-electron chi connectivity index (χ0n) is 19.9. The molecule has 0 aliphatic rings. The van der Waals surface area contributed by atoms with Gasteiger partial charge in [-0.3, -0.25) is 9.32 Å². The monoisotopic (exact) mass is 483 g/mol. The van der Waals surface area contributed by atoms with Gasteiger partial charge >= 0.3 is 13.8 Å². The Morgan fingerprint density at radius 3 is 1.94 bits per heavy atom. The van der Waals surface area contributed by atoms with Crippen LogP contribution in [-0.2, 0) is 23.1 Å². The predicted molar refractivity (Wildman–Crippen MR) is 132 cm³/mol. The first-order chi connectivity index (χ1) is 15.9. The van der Waals surface area contributed by atoms with E-state index in [9.17, 15) is 19.4 Å². The van der Waals surface area contributed by atoms with Crippen molar-refractivity contribution in [3.63, 3.8) is 0 Å². The zero-order chi connectivity index (χ0) is 24.6. The lowest BCUT2D eigenvalue weighted by Crippen LogP contribution is -2.23. The van der Waals surface area contributed by atoms with E-state index in [4.69, 9.17) is 4.74 Å². The molecular formula is C25H40O7P+. The minimum absolute atomic E-state index is 0.230. The van der Waals surface area contributed by atoms with Crippen molar-refractivity contribution in [1.29, 1.82) is 0 Å². The number of carbonyl (C=O) groups is 1. The van der Waals surface area contributed by atoms with Crippen molar-refractivity contribution >= 4 is 13.8 Å². The van der Waals surface area contributed by atoms with Crippen molar-refractivity contribution < 1.29 is 33.1 Å². The number of aliphatic hydroxyl groups excluding tert-OH is 1. The molecule has 0 saturated carbocycles. The number of hydrogen-bond acceptors (Lipinski definition) is 6. The number of rotatable bonds is 20. The molecule has 33 heavy (non-hydrogen) atoms. The lowest BCUT2D eigenvalue weighted by molar-refractivity contribution is -0.147. The maximum absolute atomic E-state index is 11.7. The smallest absolute Gasteiger partial charge is 0.463 e. The number of phosphoric acid groups is 1. The van der Waals surface area contributed by atoms with Crippen molar-refractivity contribution in [3.05, 3.63) is 67.4 Å². The summed E-state index contributed by atoms with van der Waals surface area (Å²) in [6.07, 6.45) is 26.6. The second-order valence-corrected chi connectivity index (χ2v) is 8.45. The number of esters is 1. The standard InChI is InChI=1S/C25H39O7P/c1-3-5-6-7-8-9-10-11-12-13-14-15-16-17-18-19-20-21-25(27)30-22-24(26)23-32-33(28,29)31-4-2/h4-6,8-9,11-12,14-15,17-18,24,26H,3,7,10,13,16,19-23H2,1-2H3/p+1. The summed E-state index contributed by atoms with van der Waals surface area (Å²) >= 11 is 0. The average Bonchev–Trinajstić information content (AvgIpc) is 2.78. The van der Waals surface area contributed by atoms with Gasteiger partial charge in [-0.1, -0.05) is 72.2 Å². The molecule has 8 heteroatoms. The molecule has 0 spiro atoms. The largest absolute Gasteiger partial charge is 0.512 e. The summed E-state index contributed by atoms with van der Waals surface area (Å²) in [7, 11) is -4.22. The van der Waals surface area contributed by atoms with Crippen molar-refractivity contribution in [3.8, 4) is 0 Å². The molecule has 0 fully saturated rings. The second-order valence-electron chi connectivity index (χ2n) is 7.04. The molecule has 0 heterocycles. The first-order valence-corrected chi connectivity index (χ1v) is 12.9. The van der Waals surface area contributed by atoms with Gasteiger partial charge in [0.15, 0.2) is 0 Å². The zero-order valence-corrected chi connectivity index (χ0v) is 20.8. The van der Waals surface area contributed by atoms with Crippen molar-refractivity contribution in [2.24, 2.45) is 0 Å². The van der Waals surface area contributed by atoms with E-state index in [1.807, 2.05) is 6.08 Å². The van der Waals surface area contributed by atoms with E-state index in [0.29, 0.717) is 6.42 Å². The third-order valence-electron chi connectivity index (χ3n) is 4.01. The Morgan fingerprint density at radius 1 is 0.909 bits per heavy atom. The Kier molecular flexibility index (Phi) is 20.7. The van der Waals surface area contributed by atoms with E-state index < -0.39 is 26.5 Å². The molecule has 186 valence electrons. The molecule has 0 aromatic heterocycles. The van der Waals surface area contributed by atoms with Gasteiger partial charge in [0.25, 0.3) is 0 Å². The first-order valence-electron chi connectivity index (χ1n) is 11.4. The fourth-order valence-electron chi connectivity index (χ4n) is 2.39. The Balaban J connectivity index is 3.69. The predicted octanol–water partition coefficient (Wildman–Crippen LogP) is 6.13. The number of phosphoric ester groups is 1. The van der Waals surface area contributed by atoms with Crippen LogP contribution < -0.4 is 0 Å². The number of carbonyl (C=O) groups excluding carboxylic acids is 1. The van der Waals surface area contributed by atoms with Crippen LogP contribution in [0.2, 0.25) is 0 Å². The molecule has 7 nitrogen and oxygen atoms in total. The molecule has 0 aliphatic carbocycles. The number of hydrogen-bond donors (Lipinski definition) is 2. The SMILES string of the molecule is C[CH+]OP(=O)(O)OCC(O)COC(=O)CCCC=CCC=CCC=CCC=CCC=CCC. The summed E-state index contributed by atoms with van der Waals surface area (Å²) in [5, 5.41) is 9.62. The summed E-state index contributed by atoms with van der Waals surface area (Å²) in [5.41, 5.74) is 0. The van der Waals surface area contributed by atoms with Crippen LogP contribution in [0.4, 0.5) is 0 Å². The molecule has 0 rings (SSSR count). The molecule has 0 bridgehead atoms. The lowest BCUT2D eigenvalue weighted by atomic mass is 10.2. The summed E-state index contributed by atoms with van der Waals surface area (Å²) < 4.78 is 25.1. The van der Waals surface area contributed by atoms with Crippen molar-refractivity contribution in [2.75, 3.05) is 13.2 Å². The van der Waals surface area contributed by atoms with E-state index in [2.05, 4.69) is 70.7 Å². The van der Waals surface area contributed by atoms with E-state index >= 15 is 0 Å². The van der Waals surface area contributed by atoms with Crippen LogP contribution >= 0.6 is 7.82 Å². The van der Waals surface area contributed by atoms with Crippen LogP contribution in [0.25, 0.3) is 0 Å². The van der Waals surface area contributed by atoms with Gasteiger partial charge in [0.2, 0.25) is 6.61 Å². The summed E-state index contributed by atoms with van der Waals surface area (Å²) in [5.74, 6) is -0.438. The van der Waals surface area contributed by atoms with Crippen molar-refractivity contribution in [2.45, 2.75) is 71.3 Å². The number of unbranched alkanes of at least 4 members (excludes halogenated alkanes) is 1. The van der Waals surface area contributed by atoms with Gasteiger partial charge < -0.3 is 14.7 Å². The minimum atomic E-state index is -4.22. The highest BCUT2D eigenvalue weighted by atomic mass is 31.2. The summed E-state index contributed by atoms with van der Waals surface area (Å²) in [4.78, 5) is 20.9. The van der Waals surface area contributed by atoms with Gasteiger partial charge in [0, 0.05) is 6.42 Å². The van der Waals surface area contributed by atoms with Crippen LogP contribution in [0.5, 0.6) is 0 Å². The summed E-state index contributed by atoms with van der Waals surface area (Å²) in [6, 6.07) is 0. The molecular weight excluding hydrogens is 443 g/mol. The van der Waals surface area contributed by atoms with E-state index in [-0.39, 0.29) is 13.0 Å². The normalized spacial score (nSPS) is 15.3. The van der Waals surface area contributed by atoms with Gasteiger partial charge in [0.1, 0.15) is 19.6 Å². The molecule has 0 aromatic carbocycles. The third kappa shape index (κ3) is 23.1. The Labute approximate surface area is 199 Å². The fourth-order valence-corrected chi connectivity index (χ4v) is 3.07. The Bertz CT molecular complexity index is 680. The molecule has 2 N–H and O–H groups in total. The topological polar surface area (TPSA) is 102 Å². The van der Waals surface area contributed by atoms with Crippen LogP contribution in [0, 0.1) is 6.61 Å². The summed E-state index contributed by atoms with van der Waals surface area (Å²) in [6.45, 7) is 3.78. The molecule has 2 unspecified atom stereocenters. The van der Waals surface area contributed by atoms with Crippen LogP contribution in [-0.4, -0.2) is 35.3 Å². The molecule has 0 aliphatic heterocycles. The van der Waals surface area contributed by atoms with E-state index in [1.54, 1.807) is 0 Å². The second kappa shape index (κ2) is 21.9. The highest BCUT2D eigenvalue weighted by Gasteiger charge is 2.27. The quantitative estimate of drug-likeness (QED) is 0.0706. The lowest BCUT2D eigenvalue weighted by Gasteiger charge is -2.12. The number of aliphatic hydroxyl groups is 1. The molecule has 2 atom stereocenters. The number of allylic oxidation sites excluding steroid dienone is 10. The maximum Gasteiger partial charge on any atom is 0.512 e. The third-order valence-corrected chi connectivity index (χ3v) is 4.97.